The lowest BCUT2D eigenvalue weighted by molar-refractivity contribution is 0.0234. The first-order chi connectivity index (χ1) is 14.7. The van der Waals surface area contributed by atoms with Gasteiger partial charge in [-0.1, -0.05) is 76.2 Å². The molecule has 3 rings (SSSR count). The van der Waals surface area contributed by atoms with Gasteiger partial charge in [0, 0.05) is 11.5 Å². The lowest BCUT2D eigenvalue weighted by Gasteiger charge is -2.36. The van der Waals surface area contributed by atoms with Crippen LogP contribution in [0.2, 0.25) is 0 Å². The van der Waals surface area contributed by atoms with Crippen LogP contribution in [0, 0.1) is 6.92 Å². The van der Waals surface area contributed by atoms with Crippen molar-refractivity contribution in [1.82, 2.24) is 0 Å². The van der Waals surface area contributed by atoms with Gasteiger partial charge in [-0.2, -0.15) is 0 Å². The first-order valence-corrected chi connectivity index (χ1v) is 12.3. The summed E-state index contributed by atoms with van der Waals surface area (Å²) in [5.41, 5.74) is 2.44. The Hall–Kier alpha value is -2.08. The number of hydrogen-bond acceptors (Lipinski definition) is 5. The minimum absolute atomic E-state index is 0.602. The maximum Gasteiger partial charge on any atom is 0.143 e. The Morgan fingerprint density at radius 3 is 1.67 bits per heavy atom. The minimum Gasteiger partial charge on any atom is -0.497 e. The number of rotatable bonds is 11. The lowest BCUT2D eigenvalue weighted by atomic mass is 9.80. The fourth-order valence-electron chi connectivity index (χ4n) is 3.42. The van der Waals surface area contributed by atoms with Crippen molar-refractivity contribution in [2.45, 2.75) is 5.60 Å². The van der Waals surface area contributed by atoms with Gasteiger partial charge in [-0.3, -0.25) is 0 Å². The van der Waals surface area contributed by atoms with Gasteiger partial charge < -0.3 is 14.2 Å². The number of ether oxygens (including phenoxy) is 3. The normalized spacial score (nSPS) is 11.3. The van der Waals surface area contributed by atoms with Gasteiger partial charge in [-0.05, 0) is 47.9 Å². The molecule has 0 atom stereocenters. The van der Waals surface area contributed by atoms with E-state index in [1.807, 2.05) is 42.5 Å². The summed E-state index contributed by atoms with van der Waals surface area (Å²) in [5.74, 6) is 3.35. The largest absolute Gasteiger partial charge is 0.497 e. The molecule has 0 aliphatic carbocycles. The summed E-state index contributed by atoms with van der Waals surface area (Å²) in [6.45, 7) is 4.49. The van der Waals surface area contributed by atoms with Gasteiger partial charge in [0.1, 0.15) is 17.1 Å². The molecule has 3 aromatic rings. The van der Waals surface area contributed by atoms with Crippen molar-refractivity contribution in [1.29, 1.82) is 0 Å². The van der Waals surface area contributed by atoms with Crippen molar-refractivity contribution in [2.75, 3.05) is 32.3 Å². The molecular formula is C25H27O3S2. The first-order valence-electron chi connectivity index (χ1n) is 9.76. The fourth-order valence-corrected chi connectivity index (χ4v) is 4.72. The second-order valence-corrected chi connectivity index (χ2v) is 9.20. The molecule has 157 valence electrons. The minimum atomic E-state index is -0.741. The summed E-state index contributed by atoms with van der Waals surface area (Å²) in [4.78, 5) is 0. The van der Waals surface area contributed by atoms with Gasteiger partial charge in [-0.15, -0.1) is 0 Å². The Balaban J connectivity index is 2.10. The van der Waals surface area contributed by atoms with Crippen molar-refractivity contribution in [3.63, 3.8) is 0 Å². The Morgan fingerprint density at radius 2 is 1.20 bits per heavy atom. The van der Waals surface area contributed by atoms with E-state index >= 15 is 0 Å². The predicted molar refractivity (Wildman–Crippen MR) is 129 cm³/mol. The van der Waals surface area contributed by atoms with Crippen LogP contribution in [-0.2, 0) is 10.3 Å². The molecule has 0 amide bonds. The molecule has 0 spiro atoms. The Labute approximate surface area is 187 Å². The summed E-state index contributed by atoms with van der Waals surface area (Å²) in [7, 11) is 6.88. The highest BCUT2D eigenvalue weighted by Gasteiger charge is 2.37. The van der Waals surface area contributed by atoms with Gasteiger partial charge in [-0.25, -0.2) is 0 Å². The Bertz CT molecular complexity index is 833. The van der Waals surface area contributed by atoms with Gasteiger partial charge in [0.05, 0.1) is 20.8 Å². The molecule has 0 saturated carbocycles. The van der Waals surface area contributed by atoms with Gasteiger partial charge in [0.25, 0.3) is 0 Å². The van der Waals surface area contributed by atoms with Crippen molar-refractivity contribution >= 4 is 21.6 Å². The summed E-state index contributed by atoms with van der Waals surface area (Å²) in [6, 6.07) is 26.6. The highest BCUT2D eigenvalue weighted by Crippen LogP contribution is 2.41. The third kappa shape index (κ3) is 5.15. The average Bonchev–Trinajstić information content (AvgIpc) is 2.82. The number of hydrogen-bond donors (Lipinski definition) is 0. The summed E-state index contributed by atoms with van der Waals surface area (Å²) in [6.07, 6.45) is 0. The fraction of sp³-hybridized carbons (Fsp3) is 0.240. The van der Waals surface area contributed by atoms with E-state index < -0.39 is 5.60 Å². The molecule has 3 aromatic carbocycles. The Kier molecular flexibility index (Phi) is 8.55. The van der Waals surface area contributed by atoms with Crippen LogP contribution in [0.1, 0.15) is 16.7 Å². The summed E-state index contributed by atoms with van der Waals surface area (Å²) in [5, 5.41) is 0. The van der Waals surface area contributed by atoms with Crippen molar-refractivity contribution in [2.24, 2.45) is 0 Å². The molecule has 0 aliphatic rings. The zero-order valence-corrected chi connectivity index (χ0v) is 19.0. The zero-order chi connectivity index (χ0) is 21.2. The van der Waals surface area contributed by atoms with Crippen LogP contribution in [0.3, 0.4) is 0 Å². The molecule has 0 aliphatic heterocycles. The Morgan fingerprint density at radius 1 is 0.700 bits per heavy atom. The van der Waals surface area contributed by atoms with Crippen LogP contribution in [0.25, 0.3) is 0 Å². The maximum absolute atomic E-state index is 6.75. The number of methoxy groups -OCH3 is 2. The highest BCUT2D eigenvalue weighted by atomic mass is 33.1. The van der Waals surface area contributed by atoms with Crippen molar-refractivity contribution in [3.05, 3.63) is 102 Å². The lowest BCUT2D eigenvalue weighted by Crippen LogP contribution is -2.33. The molecule has 0 bridgehead atoms. The second-order valence-electron chi connectivity index (χ2n) is 6.50. The summed E-state index contributed by atoms with van der Waals surface area (Å²) >= 11 is 0. The zero-order valence-electron chi connectivity index (χ0n) is 17.4. The van der Waals surface area contributed by atoms with Crippen molar-refractivity contribution < 1.29 is 14.2 Å². The quantitative estimate of drug-likeness (QED) is 0.201. The van der Waals surface area contributed by atoms with Crippen LogP contribution in [0.4, 0.5) is 0 Å². The van der Waals surface area contributed by atoms with Crippen LogP contribution in [0.5, 0.6) is 11.5 Å². The SMILES string of the molecule is [CH2]CSSCCOC(c1ccccc1)(c1ccc(OC)cc1)c1ccc(OC)cc1. The van der Waals surface area contributed by atoms with Crippen LogP contribution in [0.15, 0.2) is 78.9 Å². The van der Waals surface area contributed by atoms with Gasteiger partial charge >= 0.3 is 0 Å². The molecule has 0 heterocycles. The molecule has 0 unspecified atom stereocenters. The molecule has 3 nitrogen and oxygen atoms in total. The van der Waals surface area contributed by atoms with Crippen LogP contribution < -0.4 is 9.47 Å². The van der Waals surface area contributed by atoms with Gasteiger partial charge in [0.15, 0.2) is 0 Å². The molecule has 1 radical (unpaired) electrons. The highest BCUT2D eigenvalue weighted by molar-refractivity contribution is 8.76. The molecule has 0 N–H and O–H groups in total. The molecule has 30 heavy (non-hydrogen) atoms. The van der Waals surface area contributed by atoms with E-state index in [0.717, 1.165) is 39.7 Å². The third-order valence-corrected chi connectivity index (χ3v) is 6.99. The second kappa shape index (κ2) is 11.3. The first kappa shape index (κ1) is 22.6. The van der Waals surface area contributed by atoms with E-state index in [9.17, 15) is 0 Å². The van der Waals surface area contributed by atoms with Crippen molar-refractivity contribution in [3.8, 4) is 11.5 Å². The van der Waals surface area contributed by atoms with E-state index in [-0.39, 0.29) is 0 Å². The molecule has 0 saturated heterocycles. The molecular weight excluding hydrogens is 412 g/mol. The molecule has 5 heteroatoms. The molecule has 0 aromatic heterocycles. The summed E-state index contributed by atoms with van der Waals surface area (Å²) < 4.78 is 17.5. The van der Waals surface area contributed by atoms with Crippen LogP contribution >= 0.6 is 21.6 Å². The monoisotopic (exact) mass is 439 g/mol. The standard InChI is InChI=1S/C25H27O3S2/c1-4-29-30-19-18-28-25(20-8-6-5-7-9-20,21-10-14-23(26-2)15-11-21)22-12-16-24(27-3)17-13-22/h5-17H,1,4,18-19H2,2-3H3. The third-order valence-electron chi connectivity index (χ3n) is 4.83. The van der Waals surface area contributed by atoms with E-state index in [1.165, 1.54) is 0 Å². The average molecular weight is 440 g/mol. The predicted octanol–water partition coefficient (Wildman–Crippen LogP) is 6.23. The van der Waals surface area contributed by atoms with E-state index in [1.54, 1.807) is 35.8 Å². The van der Waals surface area contributed by atoms with E-state index in [2.05, 4.69) is 43.3 Å². The topological polar surface area (TPSA) is 27.7 Å². The maximum atomic E-state index is 6.75. The van der Waals surface area contributed by atoms with E-state index in [0.29, 0.717) is 6.61 Å². The number of benzene rings is 3. The molecule has 0 fully saturated rings. The van der Waals surface area contributed by atoms with E-state index in [4.69, 9.17) is 14.2 Å². The van der Waals surface area contributed by atoms with Crippen LogP contribution in [-0.4, -0.2) is 32.3 Å². The van der Waals surface area contributed by atoms with Gasteiger partial charge in [0.2, 0.25) is 0 Å². The smallest absolute Gasteiger partial charge is 0.143 e.